The van der Waals surface area contributed by atoms with Gasteiger partial charge in [-0.2, -0.15) is 5.10 Å². The molecule has 8 heteroatoms. The summed E-state index contributed by atoms with van der Waals surface area (Å²) in [6.07, 6.45) is 13.8. The highest BCUT2D eigenvalue weighted by atomic mass is 16.6. The third kappa shape index (κ3) is 2.97. The molecule has 8 nitrogen and oxygen atoms in total. The van der Waals surface area contributed by atoms with Gasteiger partial charge in [-0.25, -0.2) is 4.79 Å². The number of fused-ring (bicyclic) bond motifs is 1. The van der Waals surface area contributed by atoms with Crippen LogP contribution in [0.5, 0.6) is 5.75 Å². The second-order valence-electron chi connectivity index (χ2n) is 7.25. The summed E-state index contributed by atoms with van der Waals surface area (Å²) in [7, 11) is 3.43. The fourth-order valence-electron chi connectivity index (χ4n) is 3.89. The molecule has 2 N–H and O–H groups in total. The van der Waals surface area contributed by atoms with Crippen LogP contribution in [0.15, 0.2) is 52.1 Å². The van der Waals surface area contributed by atoms with Crippen molar-refractivity contribution in [2.45, 2.75) is 25.2 Å². The van der Waals surface area contributed by atoms with Crippen LogP contribution in [0.3, 0.4) is 0 Å². The number of ether oxygens (including phenoxy) is 1. The molecule has 0 aliphatic heterocycles. The van der Waals surface area contributed by atoms with E-state index in [1.54, 1.807) is 37.4 Å². The Labute approximate surface area is 166 Å². The van der Waals surface area contributed by atoms with Gasteiger partial charge in [-0.15, -0.1) is 0 Å². The maximum Gasteiger partial charge on any atom is 0.410 e. The minimum Gasteiger partial charge on any atom is -0.451 e. The third-order valence-corrected chi connectivity index (χ3v) is 5.45. The summed E-state index contributed by atoms with van der Waals surface area (Å²) >= 11 is 0. The first-order chi connectivity index (χ1) is 13.9. The number of aryl methyl sites for hydroxylation is 2. The van der Waals surface area contributed by atoms with E-state index in [0.717, 1.165) is 18.4 Å². The molecule has 3 aromatic heterocycles. The van der Waals surface area contributed by atoms with Gasteiger partial charge in [0.1, 0.15) is 11.0 Å². The van der Waals surface area contributed by atoms with Crippen LogP contribution in [0, 0.1) is 0 Å². The SMILES string of the molecule is CCC1(c2cn(C)c(=O)c3c(OC(N)=O)c(-c4cnn(C)c4)oc23)C=CC=CC1. The number of primary amides is 1. The fourth-order valence-corrected chi connectivity index (χ4v) is 3.89. The lowest BCUT2D eigenvalue weighted by Crippen LogP contribution is -2.27. The summed E-state index contributed by atoms with van der Waals surface area (Å²) in [6.45, 7) is 2.09. The van der Waals surface area contributed by atoms with E-state index in [0.29, 0.717) is 11.1 Å². The molecular formula is C21H22N4O4. The van der Waals surface area contributed by atoms with E-state index in [2.05, 4.69) is 24.2 Å². The van der Waals surface area contributed by atoms with Gasteiger partial charge in [0.05, 0.1) is 11.8 Å². The van der Waals surface area contributed by atoms with E-state index in [9.17, 15) is 9.59 Å². The van der Waals surface area contributed by atoms with E-state index < -0.39 is 6.09 Å². The number of amides is 1. The van der Waals surface area contributed by atoms with Gasteiger partial charge in [0.2, 0.25) is 0 Å². The Morgan fingerprint density at radius 3 is 2.72 bits per heavy atom. The Morgan fingerprint density at radius 2 is 2.14 bits per heavy atom. The number of nitrogens with two attached hydrogens (primary N) is 1. The van der Waals surface area contributed by atoms with Crippen LogP contribution >= 0.6 is 0 Å². The Balaban J connectivity index is 2.10. The van der Waals surface area contributed by atoms with Gasteiger partial charge in [0, 0.05) is 37.5 Å². The second kappa shape index (κ2) is 6.80. The smallest absolute Gasteiger partial charge is 0.410 e. The number of furan rings is 1. The lowest BCUT2D eigenvalue weighted by atomic mass is 9.73. The highest BCUT2D eigenvalue weighted by molar-refractivity contribution is 5.95. The van der Waals surface area contributed by atoms with Gasteiger partial charge < -0.3 is 19.5 Å². The molecule has 3 heterocycles. The Kier molecular flexibility index (Phi) is 4.41. The maximum atomic E-state index is 13.0. The van der Waals surface area contributed by atoms with Crippen LogP contribution in [0.2, 0.25) is 0 Å². The zero-order valence-corrected chi connectivity index (χ0v) is 16.5. The molecule has 0 spiro atoms. The summed E-state index contributed by atoms with van der Waals surface area (Å²) in [5, 5.41) is 4.34. The number of hydrogen-bond acceptors (Lipinski definition) is 5. The standard InChI is InChI=1S/C21H22N4O4/c1-4-21(8-6-5-7-9-21)14-12-24(2)19(26)15-17(14)28-16(18(15)29-20(22)27)13-10-23-25(3)11-13/h5-8,10-12H,4,9H2,1-3H3,(H2,22,27). The van der Waals surface area contributed by atoms with Crippen LogP contribution in [0.25, 0.3) is 22.3 Å². The van der Waals surface area contributed by atoms with Crippen molar-refractivity contribution in [3.63, 3.8) is 0 Å². The van der Waals surface area contributed by atoms with E-state index in [1.165, 1.54) is 4.57 Å². The topological polar surface area (TPSA) is 105 Å². The normalized spacial score (nSPS) is 18.4. The fraction of sp³-hybridized carbons (Fsp3) is 0.286. The van der Waals surface area contributed by atoms with E-state index >= 15 is 0 Å². The zero-order chi connectivity index (χ0) is 20.8. The third-order valence-electron chi connectivity index (χ3n) is 5.45. The summed E-state index contributed by atoms with van der Waals surface area (Å²) in [5.41, 5.74) is 6.45. The molecule has 1 amide bonds. The van der Waals surface area contributed by atoms with E-state index in [-0.39, 0.29) is 27.9 Å². The van der Waals surface area contributed by atoms with Crippen molar-refractivity contribution in [3.8, 4) is 17.1 Å². The summed E-state index contributed by atoms with van der Waals surface area (Å²) < 4.78 is 14.5. The quantitative estimate of drug-likeness (QED) is 0.732. The number of nitrogens with zero attached hydrogens (tertiary/aromatic N) is 3. The summed E-state index contributed by atoms with van der Waals surface area (Å²) in [6, 6.07) is 0. The molecule has 29 heavy (non-hydrogen) atoms. The van der Waals surface area contributed by atoms with Crippen molar-refractivity contribution in [1.29, 1.82) is 0 Å². The number of pyridine rings is 1. The molecule has 0 saturated heterocycles. The van der Waals surface area contributed by atoms with Gasteiger partial charge in [0.15, 0.2) is 11.5 Å². The molecule has 4 rings (SSSR count). The van der Waals surface area contributed by atoms with Crippen molar-refractivity contribution in [1.82, 2.24) is 14.3 Å². The highest BCUT2D eigenvalue weighted by Crippen LogP contribution is 2.45. The summed E-state index contributed by atoms with van der Waals surface area (Å²) in [5.74, 6) is 0.266. The molecule has 1 aliphatic rings. The Morgan fingerprint density at radius 1 is 1.34 bits per heavy atom. The molecule has 3 aromatic rings. The molecule has 0 saturated carbocycles. The Hall–Kier alpha value is -3.55. The van der Waals surface area contributed by atoms with Crippen molar-refractivity contribution < 1.29 is 13.9 Å². The largest absolute Gasteiger partial charge is 0.451 e. The molecule has 0 fully saturated rings. The van der Waals surface area contributed by atoms with Crippen molar-refractivity contribution >= 4 is 17.1 Å². The number of carbonyl (C=O) groups is 1. The predicted octanol–water partition coefficient (Wildman–Crippen LogP) is 3.15. The summed E-state index contributed by atoms with van der Waals surface area (Å²) in [4.78, 5) is 24.6. The van der Waals surface area contributed by atoms with Gasteiger partial charge in [-0.05, 0) is 12.8 Å². The lowest BCUT2D eigenvalue weighted by molar-refractivity contribution is 0.211. The monoisotopic (exact) mass is 394 g/mol. The molecule has 0 radical (unpaired) electrons. The van der Waals surface area contributed by atoms with Crippen molar-refractivity contribution in [2.75, 3.05) is 0 Å². The molecule has 1 aliphatic carbocycles. The van der Waals surface area contributed by atoms with Gasteiger partial charge >= 0.3 is 6.09 Å². The van der Waals surface area contributed by atoms with Crippen LogP contribution in [0.4, 0.5) is 4.79 Å². The minimum atomic E-state index is -1.02. The number of hydrogen-bond donors (Lipinski definition) is 1. The number of rotatable bonds is 4. The number of allylic oxidation sites excluding steroid dienone is 4. The molecule has 1 unspecified atom stereocenters. The second-order valence-corrected chi connectivity index (χ2v) is 7.25. The lowest BCUT2D eigenvalue weighted by Gasteiger charge is -2.30. The molecule has 0 bridgehead atoms. The van der Waals surface area contributed by atoms with Crippen LogP contribution in [-0.2, 0) is 19.5 Å². The maximum absolute atomic E-state index is 13.0. The molecule has 0 aromatic carbocycles. The van der Waals surface area contributed by atoms with Crippen molar-refractivity contribution in [3.05, 3.63) is 58.8 Å². The minimum absolute atomic E-state index is 0.0181. The molecule has 1 atom stereocenters. The zero-order valence-electron chi connectivity index (χ0n) is 16.5. The van der Waals surface area contributed by atoms with Gasteiger partial charge in [0.25, 0.3) is 5.56 Å². The van der Waals surface area contributed by atoms with Gasteiger partial charge in [-0.3, -0.25) is 9.48 Å². The highest BCUT2D eigenvalue weighted by Gasteiger charge is 2.34. The van der Waals surface area contributed by atoms with E-state index in [4.69, 9.17) is 14.9 Å². The molecular weight excluding hydrogens is 372 g/mol. The average Bonchev–Trinajstić information content (AvgIpc) is 3.28. The first-order valence-electron chi connectivity index (χ1n) is 9.33. The van der Waals surface area contributed by atoms with Gasteiger partial charge in [-0.1, -0.05) is 31.2 Å². The number of carbonyl (C=O) groups excluding carboxylic acids is 1. The van der Waals surface area contributed by atoms with E-state index in [1.807, 2.05) is 12.2 Å². The Bertz CT molecular complexity index is 1230. The van der Waals surface area contributed by atoms with Crippen LogP contribution in [-0.4, -0.2) is 20.4 Å². The average molecular weight is 394 g/mol. The first kappa shape index (κ1) is 18.8. The van der Waals surface area contributed by atoms with Crippen LogP contribution in [0.1, 0.15) is 25.3 Å². The first-order valence-corrected chi connectivity index (χ1v) is 9.33. The predicted molar refractivity (Wildman–Crippen MR) is 109 cm³/mol. The van der Waals surface area contributed by atoms with Crippen LogP contribution < -0.4 is 16.0 Å². The number of aromatic nitrogens is 3. The van der Waals surface area contributed by atoms with Crippen molar-refractivity contribution in [2.24, 2.45) is 19.8 Å². The molecule has 150 valence electrons.